The van der Waals surface area contributed by atoms with Crippen molar-refractivity contribution in [1.82, 2.24) is 18.3 Å². The molecule has 0 saturated heterocycles. The summed E-state index contributed by atoms with van der Waals surface area (Å²) in [6, 6.07) is 84.0. The van der Waals surface area contributed by atoms with Crippen LogP contribution in [0.5, 0.6) is 0 Å². The number of halogens is 2. The Bertz CT molecular complexity index is 4530. The first-order valence-corrected chi connectivity index (χ1v) is 26.8. The summed E-state index contributed by atoms with van der Waals surface area (Å²) in [5.74, 6) is -0.654. The molecule has 0 aliphatic carbocycles. The lowest BCUT2D eigenvalue weighted by molar-refractivity contribution is 0.455. The van der Waals surface area contributed by atoms with Crippen molar-refractivity contribution in [2.24, 2.45) is 0 Å². The van der Waals surface area contributed by atoms with E-state index in [1.54, 1.807) is 24.3 Å². The number of hydrogen-bond acceptors (Lipinski definition) is 0. The summed E-state index contributed by atoms with van der Waals surface area (Å²) in [5.41, 5.74) is 14.1. The van der Waals surface area contributed by atoms with Gasteiger partial charge in [-0.1, -0.05) is 170 Å². The first-order chi connectivity index (χ1) is 38.1. The summed E-state index contributed by atoms with van der Waals surface area (Å²) in [7, 11) is 0. The Kier molecular flexibility index (Phi) is 9.99. The molecule has 0 amide bonds. The van der Waals surface area contributed by atoms with Crippen molar-refractivity contribution < 1.29 is 8.78 Å². The maximum atomic E-state index is 15.9. The Morgan fingerprint density at radius 2 is 0.474 bits per heavy atom. The van der Waals surface area contributed by atoms with Crippen molar-refractivity contribution in [3.8, 4) is 33.6 Å². The van der Waals surface area contributed by atoms with Crippen LogP contribution in [0.25, 0.3) is 121 Å². The van der Waals surface area contributed by atoms with Gasteiger partial charge in [0.15, 0.2) is 0 Å². The van der Waals surface area contributed by atoms with Gasteiger partial charge in [-0.3, -0.25) is 0 Å². The molecule has 374 valence electrons. The highest BCUT2D eigenvalue weighted by Gasteiger charge is 2.43. The molecule has 0 spiro atoms. The lowest BCUT2D eigenvalue weighted by Gasteiger charge is -2.41. The molecule has 6 heteroatoms. The van der Waals surface area contributed by atoms with Gasteiger partial charge in [-0.05, 0) is 117 Å². The fourth-order valence-corrected chi connectivity index (χ4v) is 13.8. The van der Waals surface area contributed by atoms with E-state index in [-0.39, 0.29) is 11.6 Å². The Balaban J connectivity index is 1.31. The minimum Gasteiger partial charge on any atom is -0.331 e. The van der Waals surface area contributed by atoms with Gasteiger partial charge in [0, 0.05) is 81.8 Å². The van der Waals surface area contributed by atoms with Crippen LogP contribution in [0.1, 0.15) is 38.8 Å². The molecule has 0 aliphatic heterocycles. The van der Waals surface area contributed by atoms with Crippen molar-refractivity contribution in [2.75, 3.05) is 0 Å². The van der Waals surface area contributed by atoms with E-state index < -0.39 is 11.1 Å². The molecule has 0 radical (unpaired) electrons. The number of aromatic nitrogens is 4. The minimum atomic E-state index is -0.925. The Morgan fingerprint density at radius 3 is 0.744 bits per heavy atom. The van der Waals surface area contributed by atoms with Gasteiger partial charge in [0.2, 0.25) is 0 Å². The molecule has 0 N–H and O–H groups in total. The predicted molar refractivity (Wildman–Crippen MR) is 322 cm³/mol. The predicted octanol–water partition coefficient (Wildman–Crippen LogP) is 19.3. The standard InChI is InChI=1S/C72H52F2N4/c1-71(2,77-61-33-17-9-25-53(61)54-26-10-18-34-62(54)77)67-65(45-37-41-47(73)42-38-45)69(75-57-29-13-5-21-49(57)50-22-6-14-30-58(50)75)68(72(3,4)78-63-35-19-11-27-55(63)56-28-12-20-36-64(56)78)70(66(67)46-39-43-48(74)44-40-46)76-59-31-15-7-23-51(59)52-24-8-16-32-60(52)76/h5-44H,1-4H3. The molecule has 0 unspecified atom stereocenters. The third-order valence-corrected chi connectivity index (χ3v) is 16.8. The van der Waals surface area contributed by atoms with Gasteiger partial charge >= 0.3 is 0 Å². The first-order valence-electron chi connectivity index (χ1n) is 26.8. The molecular weight excluding hydrogens is 959 g/mol. The molecule has 4 aromatic heterocycles. The van der Waals surface area contributed by atoms with E-state index in [1.807, 2.05) is 24.3 Å². The highest BCUT2D eigenvalue weighted by Crippen LogP contribution is 2.57. The van der Waals surface area contributed by atoms with Crippen LogP contribution in [0.2, 0.25) is 0 Å². The summed E-state index contributed by atoms with van der Waals surface area (Å²) < 4.78 is 41.9. The van der Waals surface area contributed by atoms with Crippen LogP contribution >= 0.6 is 0 Å². The van der Waals surface area contributed by atoms with Gasteiger partial charge in [-0.2, -0.15) is 0 Å². The van der Waals surface area contributed by atoms with E-state index >= 15 is 8.78 Å². The zero-order valence-electron chi connectivity index (χ0n) is 43.6. The van der Waals surface area contributed by atoms with Gasteiger partial charge < -0.3 is 18.3 Å². The van der Waals surface area contributed by atoms with Crippen molar-refractivity contribution in [3.05, 3.63) is 265 Å². The molecule has 15 rings (SSSR count). The molecule has 0 aliphatic rings. The second-order valence-corrected chi connectivity index (χ2v) is 21.8. The van der Waals surface area contributed by atoms with E-state index in [4.69, 9.17) is 0 Å². The molecule has 4 nitrogen and oxygen atoms in total. The smallest absolute Gasteiger partial charge is 0.123 e. The van der Waals surface area contributed by atoms with Crippen LogP contribution in [-0.4, -0.2) is 18.3 Å². The summed E-state index contributed by atoms with van der Waals surface area (Å²) >= 11 is 0. The van der Waals surface area contributed by atoms with Crippen LogP contribution in [0, 0.1) is 11.6 Å². The summed E-state index contributed by atoms with van der Waals surface area (Å²) in [6.07, 6.45) is 0. The number of rotatable bonds is 8. The Hall–Kier alpha value is -9.52. The molecule has 11 aromatic carbocycles. The maximum absolute atomic E-state index is 15.9. The normalized spacial score (nSPS) is 12.5. The number of benzene rings is 11. The number of para-hydroxylation sites is 8. The van der Waals surface area contributed by atoms with E-state index in [9.17, 15) is 0 Å². The first kappa shape index (κ1) is 45.8. The number of nitrogens with zero attached hydrogens (tertiary/aromatic N) is 4. The van der Waals surface area contributed by atoms with E-state index in [2.05, 4.69) is 240 Å². The van der Waals surface area contributed by atoms with E-state index in [0.29, 0.717) is 0 Å². The topological polar surface area (TPSA) is 19.7 Å². The van der Waals surface area contributed by atoms with Crippen LogP contribution in [0.15, 0.2) is 243 Å². The Morgan fingerprint density at radius 1 is 0.256 bits per heavy atom. The number of fused-ring (bicyclic) bond motifs is 12. The number of hydrogen-bond donors (Lipinski definition) is 0. The highest BCUT2D eigenvalue weighted by molar-refractivity contribution is 6.15. The lowest BCUT2D eigenvalue weighted by atomic mass is 9.74. The maximum Gasteiger partial charge on any atom is 0.123 e. The molecule has 0 bridgehead atoms. The molecule has 0 atom stereocenters. The van der Waals surface area contributed by atoms with Crippen LogP contribution in [0.3, 0.4) is 0 Å². The van der Waals surface area contributed by atoms with Crippen LogP contribution in [-0.2, 0) is 11.1 Å². The average molecular weight is 1010 g/mol. The molecule has 0 saturated carbocycles. The SMILES string of the molecule is CC(C)(c1c(-c2ccc(F)cc2)c(-n2c3ccccc3c3ccccc32)c(C(C)(C)n2c3ccccc3c3ccccc32)c(-n2c3ccccc3c3ccccc32)c1-c1ccc(F)cc1)n1c2ccccc2c2ccccc21. The fourth-order valence-electron chi connectivity index (χ4n) is 13.8. The monoisotopic (exact) mass is 1010 g/mol. The zero-order chi connectivity index (χ0) is 52.6. The zero-order valence-corrected chi connectivity index (χ0v) is 43.6. The summed E-state index contributed by atoms with van der Waals surface area (Å²) in [5, 5.41) is 9.04. The van der Waals surface area contributed by atoms with Gasteiger partial charge in [0.1, 0.15) is 11.6 Å². The summed E-state index contributed by atoms with van der Waals surface area (Å²) in [4.78, 5) is 0. The molecule has 0 fully saturated rings. The van der Waals surface area contributed by atoms with Gasteiger partial charge in [-0.25, -0.2) is 8.78 Å². The molecule has 15 aromatic rings. The largest absolute Gasteiger partial charge is 0.331 e. The van der Waals surface area contributed by atoms with Crippen LogP contribution < -0.4 is 0 Å². The summed E-state index contributed by atoms with van der Waals surface area (Å²) in [6.45, 7) is 9.42. The third-order valence-electron chi connectivity index (χ3n) is 16.8. The van der Waals surface area contributed by atoms with E-state index in [1.165, 1.54) is 0 Å². The second-order valence-electron chi connectivity index (χ2n) is 21.8. The Labute approximate surface area is 449 Å². The molecule has 4 heterocycles. The molecule has 78 heavy (non-hydrogen) atoms. The fraction of sp³-hybridized carbons (Fsp3) is 0.0833. The van der Waals surface area contributed by atoms with Crippen molar-refractivity contribution in [2.45, 2.75) is 38.8 Å². The quantitative estimate of drug-likeness (QED) is 0.145. The van der Waals surface area contributed by atoms with Crippen molar-refractivity contribution >= 4 is 87.2 Å². The van der Waals surface area contributed by atoms with Gasteiger partial charge in [0.25, 0.3) is 0 Å². The van der Waals surface area contributed by atoms with E-state index in [0.717, 1.165) is 132 Å². The van der Waals surface area contributed by atoms with Crippen molar-refractivity contribution in [1.29, 1.82) is 0 Å². The third kappa shape index (κ3) is 6.43. The van der Waals surface area contributed by atoms with Gasteiger partial charge in [-0.15, -0.1) is 0 Å². The lowest BCUT2D eigenvalue weighted by Crippen LogP contribution is -2.35. The second kappa shape index (κ2) is 17.0. The minimum absolute atomic E-state index is 0.327. The van der Waals surface area contributed by atoms with Crippen LogP contribution in [0.4, 0.5) is 8.78 Å². The van der Waals surface area contributed by atoms with Crippen molar-refractivity contribution in [3.63, 3.8) is 0 Å². The van der Waals surface area contributed by atoms with Gasteiger partial charge in [0.05, 0.1) is 44.5 Å². The average Bonchev–Trinajstić information content (AvgIpc) is 2.36. The highest BCUT2D eigenvalue weighted by atomic mass is 19.1. The molecular formula is C72H52F2N4.